The molecule has 0 aromatic heterocycles. The third-order valence-electron chi connectivity index (χ3n) is 3.24. The van der Waals surface area contributed by atoms with E-state index in [9.17, 15) is 13.2 Å². The maximum atomic E-state index is 11.8. The Morgan fingerprint density at radius 2 is 1.90 bits per heavy atom. The maximum absolute atomic E-state index is 11.8. The Labute approximate surface area is 123 Å². The third-order valence-corrected chi connectivity index (χ3v) is 5.22. The van der Waals surface area contributed by atoms with Crippen LogP contribution in [0.5, 0.6) is 0 Å². The molecule has 1 fully saturated rings. The van der Waals surface area contributed by atoms with Gasteiger partial charge in [0.15, 0.2) is 9.84 Å². The fourth-order valence-corrected chi connectivity index (χ4v) is 3.48. The maximum Gasteiger partial charge on any atom is 0.234 e. The van der Waals surface area contributed by atoms with E-state index in [1.165, 1.54) is 0 Å². The van der Waals surface area contributed by atoms with E-state index in [2.05, 4.69) is 5.32 Å². The van der Waals surface area contributed by atoms with E-state index >= 15 is 0 Å². The molecule has 1 amide bonds. The Hall–Kier alpha value is -1.11. The molecule has 1 heterocycles. The van der Waals surface area contributed by atoms with Crippen LogP contribution in [0.4, 0.5) is 0 Å². The van der Waals surface area contributed by atoms with Gasteiger partial charge in [-0.1, -0.05) is 29.8 Å². The topological polar surface area (TPSA) is 66.5 Å². The summed E-state index contributed by atoms with van der Waals surface area (Å²) in [5.74, 6) is 0.138. The summed E-state index contributed by atoms with van der Waals surface area (Å²) in [6.07, 6.45) is 0. The van der Waals surface area contributed by atoms with Crippen molar-refractivity contribution in [2.45, 2.75) is 6.54 Å². The van der Waals surface area contributed by atoms with Crippen LogP contribution in [-0.2, 0) is 21.2 Å². The first-order valence-electron chi connectivity index (χ1n) is 6.39. The van der Waals surface area contributed by atoms with E-state index in [1.54, 1.807) is 6.07 Å². The van der Waals surface area contributed by atoms with Gasteiger partial charge in [0.05, 0.1) is 18.1 Å². The largest absolute Gasteiger partial charge is 0.351 e. The van der Waals surface area contributed by atoms with E-state index in [0.29, 0.717) is 24.7 Å². The second-order valence-corrected chi connectivity index (χ2v) is 7.51. The van der Waals surface area contributed by atoms with Crippen molar-refractivity contribution in [3.05, 3.63) is 34.9 Å². The van der Waals surface area contributed by atoms with Crippen molar-refractivity contribution < 1.29 is 13.2 Å². The van der Waals surface area contributed by atoms with Crippen LogP contribution in [0.25, 0.3) is 0 Å². The number of nitrogens with one attached hydrogen (secondary N) is 1. The first kappa shape index (κ1) is 15.3. The molecule has 0 saturated carbocycles. The predicted molar refractivity (Wildman–Crippen MR) is 78.4 cm³/mol. The van der Waals surface area contributed by atoms with Gasteiger partial charge in [-0.2, -0.15) is 0 Å². The van der Waals surface area contributed by atoms with Crippen LogP contribution in [0, 0.1) is 0 Å². The standard InChI is InChI=1S/C13H17ClN2O3S/c14-12-4-2-1-3-11(12)9-15-13(17)10-16-5-7-20(18,19)8-6-16/h1-4H,5-10H2,(H,15,17). The van der Waals surface area contributed by atoms with Gasteiger partial charge in [-0.25, -0.2) is 8.42 Å². The van der Waals surface area contributed by atoms with Crippen molar-refractivity contribution in [1.82, 2.24) is 10.2 Å². The summed E-state index contributed by atoms with van der Waals surface area (Å²) in [6, 6.07) is 7.33. The first-order valence-corrected chi connectivity index (χ1v) is 8.59. The molecule has 0 aliphatic carbocycles. The average Bonchev–Trinajstić information content (AvgIpc) is 2.40. The number of sulfone groups is 1. The number of hydrogen-bond donors (Lipinski definition) is 1. The Bertz CT molecular complexity index is 575. The Kier molecular flexibility index (Phi) is 5.01. The van der Waals surface area contributed by atoms with Crippen LogP contribution in [0.15, 0.2) is 24.3 Å². The van der Waals surface area contributed by atoms with Gasteiger partial charge in [0.1, 0.15) is 0 Å². The highest BCUT2D eigenvalue weighted by molar-refractivity contribution is 7.91. The highest BCUT2D eigenvalue weighted by Crippen LogP contribution is 2.14. The minimum atomic E-state index is -2.90. The molecule has 1 aromatic carbocycles. The normalized spacial score (nSPS) is 18.6. The Balaban J connectivity index is 1.78. The fraction of sp³-hybridized carbons (Fsp3) is 0.462. The van der Waals surface area contributed by atoms with E-state index in [1.807, 2.05) is 23.1 Å². The monoisotopic (exact) mass is 316 g/mol. The van der Waals surface area contributed by atoms with E-state index in [4.69, 9.17) is 11.6 Å². The number of rotatable bonds is 4. The van der Waals surface area contributed by atoms with Gasteiger partial charge in [0.2, 0.25) is 5.91 Å². The summed E-state index contributed by atoms with van der Waals surface area (Å²) in [5, 5.41) is 3.42. The smallest absolute Gasteiger partial charge is 0.234 e. The number of amides is 1. The summed E-state index contributed by atoms with van der Waals surface area (Å²) in [4.78, 5) is 13.7. The van der Waals surface area contributed by atoms with Crippen molar-refractivity contribution >= 4 is 27.3 Å². The summed E-state index contributed by atoms with van der Waals surface area (Å²) in [7, 11) is -2.90. The van der Waals surface area contributed by atoms with Gasteiger partial charge in [0.25, 0.3) is 0 Å². The zero-order valence-corrected chi connectivity index (χ0v) is 12.6. The van der Waals surface area contributed by atoms with Crippen molar-refractivity contribution in [2.24, 2.45) is 0 Å². The average molecular weight is 317 g/mol. The molecule has 0 spiro atoms. The molecule has 1 aliphatic heterocycles. The van der Waals surface area contributed by atoms with E-state index < -0.39 is 9.84 Å². The van der Waals surface area contributed by atoms with Gasteiger partial charge in [-0.3, -0.25) is 9.69 Å². The molecule has 20 heavy (non-hydrogen) atoms. The van der Waals surface area contributed by atoms with Crippen molar-refractivity contribution in [1.29, 1.82) is 0 Å². The first-order chi connectivity index (χ1) is 9.46. The van der Waals surface area contributed by atoms with Crippen LogP contribution >= 0.6 is 11.6 Å². The molecule has 1 N–H and O–H groups in total. The lowest BCUT2D eigenvalue weighted by atomic mass is 10.2. The van der Waals surface area contributed by atoms with Crippen molar-refractivity contribution in [3.8, 4) is 0 Å². The molecular weight excluding hydrogens is 300 g/mol. The zero-order chi connectivity index (χ0) is 14.6. The molecule has 5 nitrogen and oxygen atoms in total. The zero-order valence-electron chi connectivity index (χ0n) is 11.0. The second-order valence-electron chi connectivity index (χ2n) is 4.80. The molecule has 0 bridgehead atoms. The highest BCUT2D eigenvalue weighted by atomic mass is 35.5. The number of nitrogens with zero attached hydrogens (tertiary/aromatic N) is 1. The van der Waals surface area contributed by atoms with Crippen LogP contribution in [-0.4, -0.2) is 50.4 Å². The Morgan fingerprint density at radius 3 is 2.55 bits per heavy atom. The highest BCUT2D eigenvalue weighted by Gasteiger charge is 2.22. The van der Waals surface area contributed by atoms with Gasteiger partial charge in [0, 0.05) is 24.7 Å². The quantitative estimate of drug-likeness (QED) is 0.887. The van der Waals surface area contributed by atoms with Crippen LogP contribution in [0.3, 0.4) is 0 Å². The van der Waals surface area contributed by atoms with Gasteiger partial charge < -0.3 is 5.32 Å². The molecule has 0 radical (unpaired) electrons. The van der Waals surface area contributed by atoms with Gasteiger partial charge in [-0.05, 0) is 11.6 Å². The Morgan fingerprint density at radius 1 is 1.25 bits per heavy atom. The summed E-state index contributed by atoms with van der Waals surface area (Å²) >= 11 is 6.00. The number of carbonyl (C=O) groups is 1. The number of carbonyl (C=O) groups excluding carboxylic acids is 1. The molecule has 110 valence electrons. The molecule has 1 aliphatic rings. The van der Waals surface area contributed by atoms with Gasteiger partial charge in [-0.15, -0.1) is 0 Å². The predicted octanol–water partition coefficient (Wildman–Crippen LogP) is 0.687. The number of hydrogen-bond acceptors (Lipinski definition) is 4. The third kappa shape index (κ3) is 4.47. The van der Waals surface area contributed by atoms with Crippen molar-refractivity contribution in [2.75, 3.05) is 31.1 Å². The minimum Gasteiger partial charge on any atom is -0.351 e. The molecule has 0 atom stereocenters. The molecule has 1 aromatic rings. The summed E-state index contributed by atoms with van der Waals surface area (Å²) in [5.41, 5.74) is 0.865. The van der Waals surface area contributed by atoms with Crippen LogP contribution in [0.2, 0.25) is 5.02 Å². The molecule has 2 rings (SSSR count). The summed E-state index contributed by atoms with van der Waals surface area (Å²) < 4.78 is 22.6. The lowest BCUT2D eigenvalue weighted by Gasteiger charge is -2.25. The van der Waals surface area contributed by atoms with Gasteiger partial charge >= 0.3 is 0 Å². The van der Waals surface area contributed by atoms with E-state index in [0.717, 1.165) is 5.56 Å². The minimum absolute atomic E-state index is 0.121. The van der Waals surface area contributed by atoms with Crippen LogP contribution in [0.1, 0.15) is 5.56 Å². The van der Waals surface area contributed by atoms with Crippen molar-refractivity contribution in [3.63, 3.8) is 0 Å². The fourth-order valence-electron chi connectivity index (χ4n) is 2.00. The lowest BCUT2D eigenvalue weighted by molar-refractivity contribution is -0.122. The number of halogens is 1. The molecular formula is C13H17ClN2O3S. The molecule has 0 unspecified atom stereocenters. The van der Waals surface area contributed by atoms with E-state index in [-0.39, 0.29) is 24.0 Å². The lowest BCUT2D eigenvalue weighted by Crippen LogP contribution is -2.45. The summed E-state index contributed by atoms with van der Waals surface area (Å²) in [6.45, 7) is 1.44. The second kappa shape index (κ2) is 6.56. The molecule has 7 heteroatoms. The number of benzene rings is 1. The van der Waals surface area contributed by atoms with Crippen LogP contribution < -0.4 is 5.32 Å². The SMILES string of the molecule is O=C(CN1CCS(=O)(=O)CC1)NCc1ccccc1Cl. The molecule has 1 saturated heterocycles.